The summed E-state index contributed by atoms with van der Waals surface area (Å²) in [7, 11) is -1.71. The number of carbonyl (C=O) groups is 1. The van der Waals surface area contributed by atoms with E-state index >= 15 is 0 Å². The quantitative estimate of drug-likeness (QED) is 0.229. The fraction of sp³-hybridized carbons (Fsp3) is 0.522. The third kappa shape index (κ3) is 5.88. The van der Waals surface area contributed by atoms with E-state index in [0.29, 0.717) is 28.8 Å². The van der Waals surface area contributed by atoms with Crippen molar-refractivity contribution in [1.82, 2.24) is 0 Å². The van der Waals surface area contributed by atoms with Gasteiger partial charge in [-0.05, 0) is 47.2 Å². The molecular weight excluding hydrogens is 336 g/mol. The lowest BCUT2D eigenvalue weighted by Crippen LogP contribution is -2.43. The van der Waals surface area contributed by atoms with Gasteiger partial charge >= 0.3 is 5.97 Å². The van der Waals surface area contributed by atoms with Crippen LogP contribution in [-0.4, -0.2) is 20.7 Å². The SMILES string of the molecule is C=C(C#C[Si](C(C)C)(C(C)C)C(C)C)CCCOC(=O)c1ccccc1. The highest BCUT2D eigenvalue weighted by atomic mass is 28.3. The van der Waals surface area contributed by atoms with Gasteiger partial charge in [0.25, 0.3) is 0 Å². The second-order valence-electron chi connectivity index (χ2n) is 7.86. The Labute approximate surface area is 161 Å². The molecule has 0 fully saturated rings. The van der Waals surface area contributed by atoms with Gasteiger partial charge in [-0.1, -0.05) is 72.2 Å². The molecular formula is C23H34O2Si. The van der Waals surface area contributed by atoms with Crippen LogP contribution in [0.2, 0.25) is 16.6 Å². The van der Waals surface area contributed by atoms with Crippen molar-refractivity contribution < 1.29 is 9.53 Å². The molecule has 0 saturated carbocycles. The van der Waals surface area contributed by atoms with Crippen molar-refractivity contribution in [2.75, 3.05) is 6.61 Å². The average Bonchev–Trinajstić information content (AvgIpc) is 2.58. The Balaban J connectivity index is 2.56. The van der Waals surface area contributed by atoms with E-state index in [-0.39, 0.29) is 5.97 Å². The van der Waals surface area contributed by atoms with Crippen LogP contribution in [-0.2, 0) is 4.74 Å². The van der Waals surface area contributed by atoms with E-state index in [1.807, 2.05) is 18.2 Å². The number of hydrogen-bond donors (Lipinski definition) is 0. The molecule has 0 atom stereocenters. The van der Waals surface area contributed by atoms with Crippen LogP contribution in [0.4, 0.5) is 0 Å². The third-order valence-electron chi connectivity index (χ3n) is 5.19. The third-order valence-corrected chi connectivity index (χ3v) is 11.5. The fourth-order valence-electron chi connectivity index (χ4n) is 3.80. The average molecular weight is 371 g/mol. The minimum absolute atomic E-state index is 0.270. The largest absolute Gasteiger partial charge is 0.462 e. The first-order chi connectivity index (χ1) is 12.2. The highest BCUT2D eigenvalue weighted by molar-refractivity contribution is 6.90. The molecule has 0 aliphatic carbocycles. The molecule has 26 heavy (non-hydrogen) atoms. The molecule has 1 rings (SSSR count). The maximum atomic E-state index is 11.9. The first-order valence-electron chi connectivity index (χ1n) is 9.64. The molecule has 0 saturated heterocycles. The van der Waals surface area contributed by atoms with E-state index < -0.39 is 8.07 Å². The van der Waals surface area contributed by atoms with Gasteiger partial charge in [0.1, 0.15) is 8.07 Å². The van der Waals surface area contributed by atoms with Crippen molar-refractivity contribution in [3.8, 4) is 11.5 Å². The zero-order valence-corrected chi connectivity index (χ0v) is 18.3. The van der Waals surface area contributed by atoms with Crippen LogP contribution in [0.25, 0.3) is 0 Å². The van der Waals surface area contributed by atoms with Crippen molar-refractivity contribution in [3.63, 3.8) is 0 Å². The Morgan fingerprint density at radius 1 is 1.04 bits per heavy atom. The summed E-state index contributed by atoms with van der Waals surface area (Å²) in [5.41, 5.74) is 7.08. The second-order valence-corrected chi connectivity index (χ2v) is 13.4. The molecule has 1 aromatic carbocycles. The molecule has 0 spiro atoms. The van der Waals surface area contributed by atoms with Crippen LogP contribution >= 0.6 is 0 Å². The fourth-order valence-corrected chi connectivity index (χ4v) is 9.06. The van der Waals surface area contributed by atoms with Gasteiger partial charge in [-0.2, -0.15) is 0 Å². The van der Waals surface area contributed by atoms with Crippen LogP contribution in [0.5, 0.6) is 0 Å². The summed E-state index contributed by atoms with van der Waals surface area (Å²) in [6.45, 7) is 18.4. The number of allylic oxidation sites excluding steroid dienone is 1. The minimum atomic E-state index is -1.71. The van der Waals surface area contributed by atoms with Crippen LogP contribution in [0.15, 0.2) is 42.5 Å². The summed E-state index contributed by atoms with van der Waals surface area (Å²) < 4.78 is 5.32. The Hall–Kier alpha value is -1.79. The van der Waals surface area contributed by atoms with Crippen LogP contribution < -0.4 is 0 Å². The van der Waals surface area contributed by atoms with E-state index in [9.17, 15) is 4.79 Å². The number of esters is 1. The maximum Gasteiger partial charge on any atom is 0.338 e. The molecule has 0 heterocycles. The molecule has 0 N–H and O–H groups in total. The zero-order chi connectivity index (χ0) is 19.7. The van der Waals surface area contributed by atoms with E-state index in [1.165, 1.54) is 0 Å². The van der Waals surface area contributed by atoms with E-state index in [2.05, 4.69) is 59.6 Å². The van der Waals surface area contributed by atoms with Gasteiger partial charge in [0.2, 0.25) is 0 Å². The summed E-state index contributed by atoms with van der Waals surface area (Å²) in [5.74, 6) is 3.09. The first kappa shape index (κ1) is 22.2. The van der Waals surface area contributed by atoms with Crippen molar-refractivity contribution in [1.29, 1.82) is 0 Å². The second kappa shape index (κ2) is 10.4. The summed E-state index contributed by atoms with van der Waals surface area (Å²) in [5, 5.41) is 0. The molecule has 142 valence electrons. The number of benzene rings is 1. The Bertz CT molecular complexity index is 626. The predicted octanol–water partition coefficient (Wildman–Crippen LogP) is 6.40. The molecule has 0 unspecified atom stereocenters. The normalized spacial score (nSPS) is 11.4. The van der Waals surface area contributed by atoms with Gasteiger partial charge in [-0.15, -0.1) is 5.54 Å². The smallest absolute Gasteiger partial charge is 0.338 e. The van der Waals surface area contributed by atoms with Crippen molar-refractivity contribution in [2.45, 2.75) is 71.0 Å². The van der Waals surface area contributed by atoms with Crippen LogP contribution in [0.1, 0.15) is 64.7 Å². The zero-order valence-electron chi connectivity index (χ0n) is 17.3. The topological polar surface area (TPSA) is 26.3 Å². The van der Waals surface area contributed by atoms with Crippen molar-refractivity contribution in [2.24, 2.45) is 0 Å². The van der Waals surface area contributed by atoms with Gasteiger partial charge in [-0.25, -0.2) is 4.79 Å². The molecule has 0 bridgehead atoms. The van der Waals surface area contributed by atoms with Gasteiger partial charge in [-0.3, -0.25) is 0 Å². The van der Waals surface area contributed by atoms with E-state index in [1.54, 1.807) is 12.1 Å². The lowest BCUT2D eigenvalue weighted by molar-refractivity contribution is 0.0501. The highest BCUT2D eigenvalue weighted by Crippen LogP contribution is 2.40. The summed E-state index contributed by atoms with van der Waals surface area (Å²) in [4.78, 5) is 11.9. The summed E-state index contributed by atoms with van der Waals surface area (Å²) >= 11 is 0. The van der Waals surface area contributed by atoms with Crippen molar-refractivity contribution in [3.05, 3.63) is 48.0 Å². The highest BCUT2D eigenvalue weighted by Gasteiger charge is 2.41. The summed E-state index contributed by atoms with van der Waals surface area (Å²) in [6, 6.07) is 9.08. The van der Waals surface area contributed by atoms with Gasteiger partial charge in [0.15, 0.2) is 0 Å². The lowest BCUT2D eigenvalue weighted by atomic mass is 10.2. The van der Waals surface area contributed by atoms with Gasteiger partial charge in [0, 0.05) is 0 Å². The molecule has 1 aromatic rings. The Morgan fingerprint density at radius 2 is 1.58 bits per heavy atom. The van der Waals surface area contributed by atoms with E-state index in [4.69, 9.17) is 4.74 Å². The number of rotatable bonds is 8. The monoisotopic (exact) mass is 370 g/mol. The summed E-state index contributed by atoms with van der Waals surface area (Å²) in [6.07, 6.45) is 1.53. The standard InChI is InChI=1S/C23H34O2Si/c1-18(2)26(19(3)4,20(5)6)17-15-21(7)12-11-16-25-23(24)22-13-9-8-10-14-22/h8-10,13-14,18-20H,7,11-12,16H2,1-6H3. The number of hydrogen-bond acceptors (Lipinski definition) is 2. The Kier molecular flexibility index (Phi) is 8.88. The minimum Gasteiger partial charge on any atom is -0.462 e. The predicted molar refractivity (Wildman–Crippen MR) is 114 cm³/mol. The molecule has 0 aromatic heterocycles. The van der Waals surface area contributed by atoms with Gasteiger partial charge in [0.05, 0.1) is 12.2 Å². The Morgan fingerprint density at radius 3 is 2.08 bits per heavy atom. The first-order valence-corrected chi connectivity index (χ1v) is 11.9. The molecule has 0 amide bonds. The molecule has 0 aliphatic rings. The molecule has 2 nitrogen and oxygen atoms in total. The van der Waals surface area contributed by atoms with Crippen LogP contribution in [0.3, 0.4) is 0 Å². The van der Waals surface area contributed by atoms with E-state index in [0.717, 1.165) is 18.4 Å². The molecule has 3 heteroatoms. The maximum absolute atomic E-state index is 11.9. The number of ether oxygens (including phenoxy) is 1. The number of carbonyl (C=O) groups excluding carboxylic acids is 1. The van der Waals surface area contributed by atoms with Gasteiger partial charge < -0.3 is 4.74 Å². The van der Waals surface area contributed by atoms with Crippen molar-refractivity contribution >= 4 is 14.0 Å². The van der Waals surface area contributed by atoms with Crippen LogP contribution in [0, 0.1) is 11.5 Å². The lowest BCUT2D eigenvalue weighted by Gasteiger charge is -2.38. The molecule has 0 radical (unpaired) electrons. The molecule has 0 aliphatic heterocycles.